The molecule has 5 nitrogen and oxygen atoms in total. The number of piperidine rings is 1. The van der Waals surface area contributed by atoms with Gasteiger partial charge < -0.3 is 13.9 Å². The highest BCUT2D eigenvalue weighted by Gasteiger charge is 2.26. The first-order valence-electron chi connectivity index (χ1n) is 7.70. The van der Waals surface area contributed by atoms with Gasteiger partial charge in [0.25, 0.3) is 11.5 Å². The number of aromatic nitrogens is 1. The van der Waals surface area contributed by atoms with Crippen molar-refractivity contribution >= 4 is 5.91 Å². The second-order valence-corrected chi connectivity index (χ2v) is 5.78. The van der Waals surface area contributed by atoms with Gasteiger partial charge in [0.15, 0.2) is 5.76 Å². The number of carbonyl (C=O) groups is 1. The molecule has 0 spiro atoms. The van der Waals surface area contributed by atoms with E-state index in [4.69, 9.17) is 4.42 Å². The number of furan rings is 1. The summed E-state index contributed by atoms with van der Waals surface area (Å²) in [6.07, 6.45) is 4.96. The number of pyridine rings is 1. The zero-order valence-electron chi connectivity index (χ0n) is 12.7. The van der Waals surface area contributed by atoms with Crippen LogP contribution in [0.1, 0.15) is 42.5 Å². The molecule has 22 heavy (non-hydrogen) atoms. The number of carbonyl (C=O) groups excluding carboxylic acids is 1. The Labute approximate surface area is 129 Å². The summed E-state index contributed by atoms with van der Waals surface area (Å²) >= 11 is 0. The van der Waals surface area contributed by atoms with Crippen molar-refractivity contribution in [2.24, 2.45) is 0 Å². The first-order chi connectivity index (χ1) is 10.6. The molecule has 1 aliphatic rings. The molecule has 1 fully saturated rings. The van der Waals surface area contributed by atoms with Crippen LogP contribution in [0, 0.1) is 0 Å². The van der Waals surface area contributed by atoms with Crippen LogP contribution in [0.15, 0.2) is 45.7 Å². The molecule has 0 bridgehead atoms. The number of amides is 1. The zero-order valence-corrected chi connectivity index (χ0v) is 12.7. The summed E-state index contributed by atoms with van der Waals surface area (Å²) < 4.78 is 7.21. The fourth-order valence-electron chi connectivity index (χ4n) is 2.88. The molecular formula is C17H20N2O3. The SMILES string of the molecule is CC1CCCCN1C(=O)c1ccc(Cn2ccccc2=O)o1. The maximum Gasteiger partial charge on any atom is 0.289 e. The van der Waals surface area contributed by atoms with E-state index in [1.165, 1.54) is 12.5 Å². The van der Waals surface area contributed by atoms with Crippen molar-refractivity contribution in [1.82, 2.24) is 9.47 Å². The Hall–Kier alpha value is -2.30. The minimum atomic E-state index is -0.0866. The van der Waals surface area contributed by atoms with E-state index in [0.29, 0.717) is 18.1 Å². The quantitative estimate of drug-likeness (QED) is 0.875. The van der Waals surface area contributed by atoms with E-state index in [0.717, 1.165) is 19.4 Å². The van der Waals surface area contributed by atoms with Crippen molar-refractivity contribution in [1.29, 1.82) is 0 Å². The van der Waals surface area contributed by atoms with Gasteiger partial charge in [-0.3, -0.25) is 9.59 Å². The van der Waals surface area contributed by atoms with Gasteiger partial charge in [-0.05, 0) is 44.4 Å². The second-order valence-electron chi connectivity index (χ2n) is 5.78. The van der Waals surface area contributed by atoms with E-state index in [9.17, 15) is 9.59 Å². The lowest BCUT2D eigenvalue weighted by Crippen LogP contribution is -2.41. The average molecular weight is 300 g/mol. The molecular weight excluding hydrogens is 280 g/mol. The lowest BCUT2D eigenvalue weighted by Gasteiger charge is -2.32. The Morgan fingerprint density at radius 2 is 2.14 bits per heavy atom. The van der Waals surface area contributed by atoms with Gasteiger partial charge in [-0.1, -0.05) is 6.07 Å². The van der Waals surface area contributed by atoms with Crippen LogP contribution in [0.5, 0.6) is 0 Å². The fraction of sp³-hybridized carbons (Fsp3) is 0.412. The van der Waals surface area contributed by atoms with Crippen LogP contribution in [0.4, 0.5) is 0 Å². The van der Waals surface area contributed by atoms with Crippen LogP contribution in [-0.4, -0.2) is 28.0 Å². The maximum atomic E-state index is 12.5. The summed E-state index contributed by atoms with van der Waals surface area (Å²) in [5.74, 6) is 0.910. The normalized spacial score (nSPS) is 18.4. The first kappa shape index (κ1) is 14.6. The van der Waals surface area contributed by atoms with Crippen molar-refractivity contribution < 1.29 is 9.21 Å². The van der Waals surface area contributed by atoms with Crippen LogP contribution in [0.3, 0.4) is 0 Å². The number of hydrogen-bond acceptors (Lipinski definition) is 3. The minimum Gasteiger partial charge on any atom is -0.454 e. The summed E-state index contributed by atoms with van der Waals surface area (Å²) in [5, 5.41) is 0. The number of likely N-dealkylation sites (tertiary alicyclic amines) is 1. The van der Waals surface area contributed by atoms with E-state index in [2.05, 4.69) is 6.92 Å². The summed E-state index contributed by atoms with van der Waals surface area (Å²) in [7, 11) is 0. The third kappa shape index (κ3) is 2.98. The molecule has 2 aromatic rings. The van der Waals surface area contributed by atoms with E-state index < -0.39 is 0 Å². The Morgan fingerprint density at radius 1 is 1.27 bits per heavy atom. The number of rotatable bonds is 3. The zero-order chi connectivity index (χ0) is 15.5. The summed E-state index contributed by atoms with van der Waals surface area (Å²) in [6.45, 7) is 3.20. The number of hydrogen-bond donors (Lipinski definition) is 0. The van der Waals surface area contributed by atoms with Crippen molar-refractivity contribution in [2.45, 2.75) is 38.8 Å². The summed E-state index contributed by atoms with van der Waals surface area (Å²) in [6, 6.07) is 8.73. The molecule has 1 saturated heterocycles. The molecule has 3 heterocycles. The van der Waals surface area contributed by atoms with Crippen LogP contribution < -0.4 is 5.56 Å². The monoisotopic (exact) mass is 300 g/mol. The van der Waals surface area contributed by atoms with Gasteiger partial charge in [0.05, 0.1) is 6.54 Å². The van der Waals surface area contributed by atoms with E-state index >= 15 is 0 Å². The average Bonchev–Trinajstić information content (AvgIpc) is 2.98. The fourth-order valence-corrected chi connectivity index (χ4v) is 2.88. The van der Waals surface area contributed by atoms with Crippen LogP contribution in [0.2, 0.25) is 0 Å². The van der Waals surface area contributed by atoms with Crippen molar-refractivity contribution in [3.05, 3.63) is 58.4 Å². The highest BCUT2D eigenvalue weighted by Crippen LogP contribution is 2.20. The predicted octanol–water partition coefficient (Wildman–Crippen LogP) is 2.50. The van der Waals surface area contributed by atoms with Crippen molar-refractivity contribution in [2.75, 3.05) is 6.54 Å². The molecule has 1 amide bonds. The predicted molar refractivity (Wildman–Crippen MR) is 82.9 cm³/mol. The van der Waals surface area contributed by atoms with Gasteiger partial charge in [0.1, 0.15) is 5.76 Å². The Kier molecular flexibility index (Phi) is 4.13. The van der Waals surface area contributed by atoms with Crippen LogP contribution in [-0.2, 0) is 6.54 Å². The third-order valence-electron chi connectivity index (χ3n) is 4.16. The largest absolute Gasteiger partial charge is 0.454 e. The molecule has 0 N–H and O–H groups in total. The van der Waals surface area contributed by atoms with Gasteiger partial charge in [0.2, 0.25) is 0 Å². The van der Waals surface area contributed by atoms with Crippen LogP contribution in [0.25, 0.3) is 0 Å². The van der Waals surface area contributed by atoms with Gasteiger partial charge in [-0.15, -0.1) is 0 Å². The van der Waals surface area contributed by atoms with E-state index in [1.54, 1.807) is 35.0 Å². The Morgan fingerprint density at radius 3 is 2.91 bits per heavy atom. The molecule has 1 unspecified atom stereocenters. The smallest absolute Gasteiger partial charge is 0.289 e. The van der Waals surface area contributed by atoms with E-state index in [-0.39, 0.29) is 17.5 Å². The molecule has 1 atom stereocenters. The van der Waals surface area contributed by atoms with Crippen LogP contribution >= 0.6 is 0 Å². The molecule has 0 aliphatic carbocycles. The molecule has 2 aromatic heterocycles. The first-order valence-corrected chi connectivity index (χ1v) is 7.70. The molecule has 116 valence electrons. The standard InChI is InChI=1S/C17H20N2O3/c1-13-6-2-5-11-19(13)17(21)15-9-8-14(22-15)12-18-10-4-3-7-16(18)20/h3-4,7-10,13H,2,5-6,11-12H2,1H3. The lowest BCUT2D eigenvalue weighted by molar-refractivity contribution is 0.0601. The maximum absolute atomic E-state index is 12.5. The number of nitrogens with zero attached hydrogens (tertiary/aromatic N) is 2. The van der Waals surface area contributed by atoms with Gasteiger partial charge in [-0.2, -0.15) is 0 Å². The second kappa shape index (κ2) is 6.22. The molecule has 0 aromatic carbocycles. The molecule has 0 saturated carbocycles. The van der Waals surface area contributed by atoms with Gasteiger partial charge in [0, 0.05) is 24.8 Å². The van der Waals surface area contributed by atoms with E-state index in [1.807, 2.05) is 4.90 Å². The molecule has 1 aliphatic heterocycles. The molecule has 0 radical (unpaired) electrons. The third-order valence-corrected chi connectivity index (χ3v) is 4.16. The minimum absolute atomic E-state index is 0.0566. The summed E-state index contributed by atoms with van der Waals surface area (Å²) in [5.41, 5.74) is -0.0866. The highest BCUT2D eigenvalue weighted by atomic mass is 16.4. The molecule has 3 rings (SSSR count). The molecule has 5 heteroatoms. The topological polar surface area (TPSA) is 55.5 Å². The lowest BCUT2D eigenvalue weighted by atomic mass is 10.0. The van der Waals surface area contributed by atoms with Crippen molar-refractivity contribution in [3.8, 4) is 0 Å². The highest BCUT2D eigenvalue weighted by molar-refractivity contribution is 5.91. The van der Waals surface area contributed by atoms with Gasteiger partial charge >= 0.3 is 0 Å². The Bertz CT molecular complexity index is 716. The van der Waals surface area contributed by atoms with Gasteiger partial charge in [-0.25, -0.2) is 0 Å². The Balaban J connectivity index is 1.75. The van der Waals surface area contributed by atoms with Crippen molar-refractivity contribution in [3.63, 3.8) is 0 Å². The summed E-state index contributed by atoms with van der Waals surface area (Å²) in [4.78, 5) is 26.1.